The smallest absolute Gasteiger partial charge is 0.308 e. The highest BCUT2D eigenvalue weighted by molar-refractivity contribution is 7.15. The molecule has 0 bridgehead atoms. The second-order valence-electron chi connectivity index (χ2n) is 4.93. The molecule has 0 aliphatic rings. The number of nitrogens with zero attached hydrogens (tertiary/aromatic N) is 3. The van der Waals surface area contributed by atoms with E-state index in [2.05, 4.69) is 31.4 Å². The van der Waals surface area contributed by atoms with E-state index in [1.54, 1.807) is 18.3 Å². The van der Waals surface area contributed by atoms with Crippen LogP contribution in [0, 0.1) is 0 Å². The van der Waals surface area contributed by atoms with E-state index < -0.39 is 6.03 Å². The van der Waals surface area contributed by atoms with Crippen molar-refractivity contribution in [1.29, 1.82) is 0 Å². The van der Waals surface area contributed by atoms with Gasteiger partial charge < -0.3 is 5.32 Å². The van der Waals surface area contributed by atoms with E-state index in [1.807, 2.05) is 35.7 Å². The van der Waals surface area contributed by atoms with Gasteiger partial charge in [0.1, 0.15) is 5.01 Å². The van der Waals surface area contributed by atoms with Crippen LogP contribution < -0.4 is 16.1 Å². The molecule has 0 fully saturated rings. The molecule has 0 spiro atoms. The van der Waals surface area contributed by atoms with E-state index in [9.17, 15) is 9.59 Å². The average molecular weight is 386 g/mol. The maximum absolute atomic E-state index is 11.9. The summed E-state index contributed by atoms with van der Waals surface area (Å²) < 4.78 is 0. The monoisotopic (exact) mass is 386 g/mol. The number of rotatable bonds is 6. The normalized spacial score (nSPS) is 10.6. The van der Waals surface area contributed by atoms with Gasteiger partial charge in [-0.25, -0.2) is 10.2 Å². The number of carbonyl (C=O) groups excluding carboxylic acids is 2. The van der Waals surface area contributed by atoms with E-state index in [-0.39, 0.29) is 12.3 Å². The van der Waals surface area contributed by atoms with Crippen molar-refractivity contribution in [2.75, 3.05) is 10.6 Å². The summed E-state index contributed by atoms with van der Waals surface area (Å²) in [6, 6.07) is 12.4. The molecule has 0 unspecified atom stereocenters. The Bertz CT molecular complexity index is 893. The van der Waals surface area contributed by atoms with Crippen LogP contribution in [-0.2, 0) is 11.2 Å². The van der Waals surface area contributed by atoms with Gasteiger partial charge in [-0.3, -0.25) is 10.1 Å². The number of thiophene rings is 1. The number of aromatic nitrogens is 2. The van der Waals surface area contributed by atoms with Gasteiger partial charge in [-0.15, -0.1) is 21.5 Å². The summed E-state index contributed by atoms with van der Waals surface area (Å²) in [4.78, 5) is 24.7. The summed E-state index contributed by atoms with van der Waals surface area (Å²) in [5.74, 6) is -0.311. The van der Waals surface area contributed by atoms with Crippen LogP contribution in [0.3, 0.4) is 0 Å². The number of anilines is 2. The van der Waals surface area contributed by atoms with Crippen LogP contribution in [0.4, 0.5) is 15.6 Å². The summed E-state index contributed by atoms with van der Waals surface area (Å²) >= 11 is 2.65. The van der Waals surface area contributed by atoms with Crippen molar-refractivity contribution in [3.05, 3.63) is 57.7 Å². The van der Waals surface area contributed by atoms with Crippen LogP contribution in [0.2, 0.25) is 0 Å². The highest BCUT2D eigenvalue weighted by Crippen LogP contribution is 2.16. The van der Waals surface area contributed by atoms with Gasteiger partial charge in [0.05, 0.1) is 12.6 Å². The number of nitrogens with one attached hydrogen (secondary N) is 3. The first-order valence-electron chi connectivity index (χ1n) is 7.50. The fourth-order valence-corrected chi connectivity index (χ4v) is 3.18. The lowest BCUT2D eigenvalue weighted by Crippen LogP contribution is -2.19. The van der Waals surface area contributed by atoms with E-state index in [0.29, 0.717) is 15.8 Å². The van der Waals surface area contributed by atoms with E-state index in [4.69, 9.17) is 0 Å². The maximum Gasteiger partial charge on any atom is 0.325 e. The SMILES string of the molecule is O=C(Cc1nnc(NC(=O)Nc2ccccc2)s1)NN=Cc1cccs1. The molecule has 3 N–H and O–H groups in total. The largest absolute Gasteiger partial charge is 0.325 e. The lowest BCUT2D eigenvalue weighted by atomic mass is 10.3. The first-order valence-corrected chi connectivity index (χ1v) is 9.19. The molecular formula is C16H14N6O2S2. The number of hydrogen-bond acceptors (Lipinski definition) is 7. The number of benzene rings is 1. The summed E-state index contributed by atoms with van der Waals surface area (Å²) in [6.45, 7) is 0. The molecule has 3 rings (SSSR count). The van der Waals surface area contributed by atoms with Gasteiger partial charge in [0.25, 0.3) is 0 Å². The minimum Gasteiger partial charge on any atom is -0.308 e. The lowest BCUT2D eigenvalue weighted by Gasteiger charge is -2.03. The van der Waals surface area contributed by atoms with E-state index in [1.165, 1.54) is 11.3 Å². The number of urea groups is 1. The van der Waals surface area contributed by atoms with Crippen LogP contribution in [0.5, 0.6) is 0 Å². The fourth-order valence-electron chi connectivity index (χ4n) is 1.87. The van der Waals surface area contributed by atoms with Crippen molar-refractivity contribution in [1.82, 2.24) is 15.6 Å². The summed E-state index contributed by atoms with van der Waals surface area (Å²) in [5.41, 5.74) is 3.09. The molecule has 2 aromatic heterocycles. The first kappa shape index (κ1) is 17.7. The molecule has 2 heterocycles. The molecule has 3 amide bonds. The van der Waals surface area contributed by atoms with Crippen LogP contribution >= 0.6 is 22.7 Å². The number of para-hydroxylation sites is 1. The van der Waals surface area contributed by atoms with Crippen LogP contribution in [0.25, 0.3) is 0 Å². The number of hydrogen-bond donors (Lipinski definition) is 3. The molecule has 0 aliphatic heterocycles. The van der Waals surface area contributed by atoms with Gasteiger partial charge in [0, 0.05) is 10.6 Å². The number of carbonyl (C=O) groups is 2. The van der Waals surface area contributed by atoms with Crippen molar-refractivity contribution in [3.8, 4) is 0 Å². The van der Waals surface area contributed by atoms with Crippen LogP contribution in [-0.4, -0.2) is 28.4 Å². The van der Waals surface area contributed by atoms with Crippen molar-refractivity contribution in [2.45, 2.75) is 6.42 Å². The maximum atomic E-state index is 11.9. The van der Waals surface area contributed by atoms with Gasteiger partial charge in [0.2, 0.25) is 11.0 Å². The Hall–Kier alpha value is -3.11. The van der Waals surface area contributed by atoms with Gasteiger partial charge >= 0.3 is 6.03 Å². The molecule has 0 saturated carbocycles. The molecule has 1 aromatic carbocycles. The molecule has 0 aliphatic carbocycles. The molecule has 0 radical (unpaired) electrons. The summed E-state index contributed by atoms with van der Waals surface area (Å²) in [7, 11) is 0. The second-order valence-corrected chi connectivity index (χ2v) is 6.97. The zero-order chi connectivity index (χ0) is 18.2. The molecule has 10 heteroatoms. The Morgan fingerprint density at radius 2 is 1.92 bits per heavy atom. The Balaban J connectivity index is 1.46. The zero-order valence-electron chi connectivity index (χ0n) is 13.4. The third-order valence-electron chi connectivity index (χ3n) is 2.95. The minimum absolute atomic E-state index is 0.0292. The molecule has 0 atom stereocenters. The van der Waals surface area contributed by atoms with Crippen LogP contribution in [0.1, 0.15) is 9.88 Å². The predicted molar refractivity (Wildman–Crippen MR) is 103 cm³/mol. The van der Waals surface area contributed by atoms with Gasteiger partial charge in [-0.2, -0.15) is 5.10 Å². The Kier molecular flexibility index (Phi) is 6.01. The quantitative estimate of drug-likeness (QED) is 0.447. The minimum atomic E-state index is -0.427. The average Bonchev–Trinajstić information content (AvgIpc) is 3.28. The Morgan fingerprint density at radius 1 is 1.08 bits per heavy atom. The lowest BCUT2D eigenvalue weighted by molar-refractivity contribution is -0.120. The topological polar surface area (TPSA) is 108 Å². The van der Waals surface area contributed by atoms with Crippen LogP contribution in [0.15, 0.2) is 52.9 Å². The zero-order valence-corrected chi connectivity index (χ0v) is 15.0. The molecule has 3 aromatic rings. The second kappa shape index (κ2) is 8.83. The van der Waals surface area contributed by atoms with Gasteiger partial charge in [0.15, 0.2) is 0 Å². The molecule has 132 valence electrons. The highest BCUT2D eigenvalue weighted by Gasteiger charge is 2.11. The first-order chi connectivity index (χ1) is 12.7. The standard InChI is InChI=1S/C16H14N6O2S2/c23-13(20-17-10-12-7-4-8-25-12)9-14-21-22-16(26-14)19-15(24)18-11-5-2-1-3-6-11/h1-8,10H,9H2,(H,20,23)(H2,18,19,22,24). The molecular weight excluding hydrogens is 372 g/mol. The van der Waals surface area contributed by atoms with Gasteiger partial charge in [-0.1, -0.05) is 35.6 Å². The molecule has 0 saturated heterocycles. The fraction of sp³-hybridized carbons (Fsp3) is 0.0625. The summed E-state index contributed by atoms with van der Waals surface area (Å²) in [6.07, 6.45) is 1.60. The van der Waals surface area contributed by atoms with Crippen molar-refractivity contribution in [2.24, 2.45) is 5.10 Å². The summed E-state index contributed by atoms with van der Waals surface area (Å²) in [5, 5.41) is 19.6. The van der Waals surface area contributed by atoms with Gasteiger partial charge in [-0.05, 0) is 23.6 Å². The van der Waals surface area contributed by atoms with E-state index >= 15 is 0 Å². The highest BCUT2D eigenvalue weighted by atomic mass is 32.1. The molecule has 8 nitrogen and oxygen atoms in total. The van der Waals surface area contributed by atoms with Crippen molar-refractivity contribution < 1.29 is 9.59 Å². The third kappa shape index (κ3) is 5.46. The third-order valence-corrected chi connectivity index (χ3v) is 4.60. The number of hydrazone groups is 1. The predicted octanol–water partition coefficient (Wildman–Crippen LogP) is 2.94. The Morgan fingerprint density at radius 3 is 2.69 bits per heavy atom. The Labute approximate surface area is 157 Å². The van der Waals surface area contributed by atoms with E-state index in [0.717, 1.165) is 16.2 Å². The number of amides is 3. The van der Waals surface area contributed by atoms with Crippen molar-refractivity contribution in [3.63, 3.8) is 0 Å². The molecule has 26 heavy (non-hydrogen) atoms. The van der Waals surface area contributed by atoms with Crippen molar-refractivity contribution >= 4 is 51.6 Å².